The molecular weight excluding hydrogens is 226 g/mol. The predicted octanol–water partition coefficient (Wildman–Crippen LogP) is 2.13. The lowest BCUT2D eigenvalue weighted by molar-refractivity contribution is -0.392. The zero-order valence-corrected chi connectivity index (χ0v) is 9.17. The molecule has 0 spiro atoms. The standard InChI is InChI=1S/C10H9N3O2S/c14-13(15)9-10(16)12(7-11-9)6-8-4-2-1-3-5-8/h1-5,7,16H,6H2. The van der Waals surface area contributed by atoms with Gasteiger partial charge in [0.1, 0.15) is 0 Å². The summed E-state index contributed by atoms with van der Waals surface area (Å²) in [5.74, 6) is -0.209. The highest BCUT2D eigenvalue weighted by atomic mass is 32.1. The van der Waals surface area contributed by atoms with Crippen LogP contribution >= 0.6 is 12.6 Å². The molecule has 0 bridgehead atoms. The van der Waals surface area contributed by atoms with Gasteiger partial charge < -0.3 is 10.1 Å². The monoisotopic (exact) mass is 235 g/mol. The highest BCUT2D eigenvalue weighted by molar-refractivity contribution is 7.80. The quantitative estimate of drug-likeness (QED) is 0.503. The summed E-state index contributed by atoms with van der Waals surface area (Å²) in [6.07, 6.45) is 1.42. The van der Waals surface area contributed by atoms with Crippen molar-refractivity contribution in [1.82, 2.24) is 9.55 Å². The normalized spacial score (nSPS) is 10.3. The molecule has 1 aromatic heterocycles. The minimum Gasteiger partial charge on any atom is -0.358 e. The lowest BCUT2D eigenvalue weighted by Crippen LogP contribution is -1.99. The van der Waals surface area contributed by atoms with Gasteiger partial charge in [0, 0.05) is 0 Å². The fourth-order valence-electron chi connectivity index (χ4n) is 1.39. The lowest BCUT2D eigenvalue weighted by atomic mass is 10.2. The second-order valence-electron chi connectivity index (χ2n) is 3.26. The summed E-state index contributed by atoms with van der Waals surface area (Å²) in [5.41, 5.74) is 1.05. The van der Waals surface area contributed by atoms with E-state index in [0.29, 0.717) is 6.54 Å². The van der Waals surface area contributed by atoms with Gasteiger partial charge in [-0.25, -0.2) is 0 Å². The molecule has 0 aliphatic carbocycles. The minimum absolute atomic E-state index is 0.209. The summed E-state index contributed by atoms with van der Waals surface area (Å²) < 4.78 is 1.64. The maximum absolute atomic E-state index is 10.6. The van der Waals surface area contributed by atoms with E-state index < -0.39 is 4.92 Å². The van der Waals surface area contributed by atoms with Gasteiger partial charge in [-0.05, 0) is 15.5 Å². The summed E-state index contributed by atoms with van der Waals surface area (Å²) in [5, 5.41) is 10.8. The van der Waals surface area contributed by atoms with Crippen LogP contribution in [0.1, 0.15) is 5.56 Å². The molecule has 0 radical (unpaired) electrons. The van der Waals surface area contributed by atoms with E-state index in [9.17, 15) is 10.1 Å². The fourth-order valence-corrected chi connectivity index (χ4v) is 1.65. The van der Waals surface area contributed by atoms with Crippen LogP contribution in [0.2, 0.25) is 0 Å². The molecule has 0 aliphatic heterocycles. The molecular formula is C10H9N3O2S. The minimum atomic E-state index is -0.538. The van der Waals surface area contributed by atoms with Crippen LogP contribution in [0.4, 0.5) is 5.82 Å². The van der Waals surface area contributed by atoms with Crippen molar-refractivity contribution in [2.75, 3.05) is 0 Å². The maximum Gasteiger partial charge on any atom is 0.395 e. The van der Waals surface area contributed by atoms with Crippen molar-refractivity contribution in [3.05, 3.63) is 52.3 Å². The zero-order valence-electron chi connectivity index (χ0n) is 8.28. The van der Waals surface area contributed by atoms with E-state index in [4.69, 9.17) is 0 Å². The van der Waals surface area contributed by atoms with Gasteiger partial charge in [-0.1, -0.05) is 30.3 Å². The first-order valence-electron chi connectivity index (χ1n) is 4.61. The molecule has 1 aromatic carbocycles. The largest absolute Gasteiger partial charge is 0.395 e. The Hall–Kier alpha value is -1.82. The van der Waals surface area contributed by atoms with E-state index in [0.717, 1.165) is 5.56 Å². The molecule has 0 saturated heterocycles. The van der Waals surface area contributed by atoms with Crippen LogP contribution in [0, 0.1) is 10.1 Å². The van der Waals surface area contributed by atoms with Gasteiger partial charge in [-0.3, -0.25) is 4.57 Å². The van der Waals surface area contributed by atoms with Crippen LogP contribution in [0.3, 0.4) is 0 Å². The third-order valence-corrected chi connectivity index (χ3v) is 2.62. The van der Waals surface area contributed by atoms with Crippen LogP contribution in [-0.2, 0) is 6.54 Å². The van der Waals surface area contributed by atoms with Gasteiger partial charge in [-0.15, -0.1) is 12.6 Å². The predicted molar refractivity (Wildman–Crippen MR) is 61.7 cm³/mol. The number of thiol groups is 1. The van der Waals surface area contributed by atoms with Crippen molar-refractivity contribution in [2.24, 2.45) is 0 Å². The molecule has 1 heterocycles. The van der Waals surface area contributed by atoms with Gasteiger partial charge >= 0.3 is 5.82 Å². The molecule has 2 aromatic rings. The molecule has 0 N–H and O–H groups in total. The molecule has 2 rings (SSSR count). The van der Waals surface area contributed by atoms with Crippen molar-refractivity contribution in [3.8, 4) is 0 Å². The number of nitrogens with zero attached hydrogens (tertiary/aromatic N) is 3. The lowest BCUT2D eigenvalue weighted by Gasteiger charge is -2.02. The molecule has 0 saturated carbocycles. The van der Waals surface area contributed by atoms with Crippen LogP contribution in [0.25, 0.3) is 0 Å². The molecule has 0 aliphatic rings. The summed E-state index contributed by atoms with van der Waals surface area (Å²) in [6, 6.07) is 9.64. The summed E-state index contributed by atoms with van der Waals surface area (Å²) >= 11 is 4.09. The number of imidazole rings is 1. The van der Waals surface area contributed by atoms with Crippen LogP contribution in [0.15, 0.2) is 41.7 Å². The third-order valence-electron chi connectivity index (χ3n) is 2.16. The Labute approximate surface area is 97.3 Å². The van der Waals surface area contributed by atoms with Crippen LogP contribution < -0.4 is 0 Å². The highest BCUT2D eigenvalue weighted by Gasteiger charge is 2.18. The zero-order chi connectivity index (χ0) is 11.5. The molecule has 0 atom stereocenters. The average Bonchev–Trinajstić information content (AvgIpc) is 2.62. The van der Waals surface area contributed by atoms with Crippen LogP contribution in [0.5, 0.6) is 0 Å². The number of benzene rings is 1. The van der Waals surface area contributed by atoms with Crippen LogP contribution in [-0.4, -0.2) is 14.5 Å². The van der Waals surface area contributed by atoms with Gasteiger partial charge in [0.05, 0.1) is 6.54 Å². The Balaban J connectivity index is 2.26. The molecule has 0 amide bonds. The average molecular weight is 235 g/mol. The Bertz CT molecular complexity index is 510. The third kappa shape index (κ3) is 2.06. The number of nitro groups is 1. The second-order valence-corrected chi connectivity index (χ2v) is 3.69. The SMILES string of the molecule is O=[N+]([O-])c1ncn(Cc2ccccc2)c1S. The van der Waals surface area contributed by atoms with E-state index in [-0.39, 0.29) is 10.8 Å². The van der Waals surface area contributed by atoms with E-state index in [1.807, 2.05) is 30.3 Å². The Morgan fingerprint density at radius 3 is 2.62 bits per heavy atom. The first-order valence-corrected chi connectivity index (χ1v) is 5.05. The van der Waals surface area contributed by atoms with E-state index >= 15 is 0 Å². The Kier molecular flexibility index (Phi) is 2.91. The molecule has 0 unspecified atom stereocenters. The Morgan fingerprint density at radius 1 is 1.38 bits per heavy atom. The van der Waals surface area contributed by atoms with E-state index in [1.54, 1.807) is 4.57 Å². The Morgan fingerprint density at radius 2 is 2.06 bits per heavy atom. The summed E-state index contributed by atoms with van der Waals surface area (Å²) in [4.78, 5) is 13.7. The summed E-state index contributed by atoms with van der Waals surface area (Å²) in [7, 11) is 0. The first kappa shape index (κ1) is 10.7. The van der Waals surface area contributed by atoms with Crippen molar-refractivity contribution in [1.29, 1.82) is 0 Å². The second kappa shape index (κ2) is 4.36. The maximum atomic E-state index is 10.6. The number of aromatic nitrogens is 2. The molecule has 82 valence electrons. The van der Waals surface area contributed by atoms with Gasteiger partial charge in [0.2, 0.25) is 6.33 Å². The smallest absolute Gasteiger partial charge is 0.358 e. The van der Waals surface area contributed by atoms with E-state index in [2.05, 4.69) is 17.6 Å². The fraction of sp³-hybridized carbons (Fsp3) is 0.100. The topological polar surface area (TPSA) is 61.0 Å². The number of rotatable bonds is 3. The van der Waals surface area contributed by atoms with E-state index in [1.165, 1.54) is 6.33 Å². The first-order chi connectivity index (χ1) is 7.68. The summed E-state index contributed by atoms with van der Waals surface area (Å²) in [6.45, 7) is 0.528. The van der Waals surface area contributed by atoms with Crippen molar-refractivity contribution in [3.63, 3.8) is 0 Å². The van der Waals surface area contributed by atoms with Gasteiger partial charge in [-0.2, -0.15) is 0 Å². The molecule has 0 fully saturated rings. The van der Waals surface area contributed by atoms with Crippen molar-refractivity contribution >= 4 is 18.4 Å². The van der Waals surface area contributed by atoms with Gasteiger partial charge in [0.25, 0.3) is 0 Å². The number of hydrogen-bond donors (Lipinski definition) is 1. The molecule has 5 nitrogen and oxygen atoms in total. The van der Waals surface area contributed by atoms with Crippen molar-refractivity contribution in [2.45, 2.75) is 11.6 Å². The van der Waals surface area contributed by atoms with Crippen molar-refractivity contribution < 1.29 is 4.92 Å². The number of hydrogen-bond acceptors (Lipinski definition) is 4. The highest BCUT2D eigenvalue weighted by Crippen LogP contribution is 2.20. The molecule has 16 heavy (non-hydrogen) atoms. The molecule has 6 heteroatoms. The van der Waals surface area contributed by atoms with Gasteiger partial charge in [0.15, 0.2) is 5.03 Å².